The first-order chi connectivity index (χ1) is 9.24. The van der Waals surface area contributed by atoms with Gasteiger partial charge in [0.05, 0.1) is 12.7 Å². The third-order valence-corrected chi connectivity index (χ3v) is 4.34. The summed E-state index contributed by atoms with van der Waals surface area (Å²) in [6.45, 7) is 3.72. The lowest BCUT2D eigenvalue weighted by Crippen LogP contribution is -2.43. The smallest absolute Gasteiger partial charge is 0.193 e. The molecule has 0 spiro atoms. The van der Waals surface area contributed by atoms with Crippen LogP contribution in [-0.2, 0) is 4.74 Å². The summed E-state index contributed by atoms with van der Waals surface area (Å²) in [5.41, 5.74) is 0. The highest BCUT2D eigenvalue weighted by molar-refractivity contribution is 14.0. The van der Waals surface area contributed by atoms with Gasteiger partial charge in [0, 0.05) is 45.6 Å². The average Bonchev–Trinajstić information content (AvgIpc) is 3.01. The fourth-order valence-electron chi connectivity index (χ4n) is 3.21. The van der Waals surface area contributed by atoms with E-state index < -0.39 is 0 Å². The number of hydrogen-bond acceptors (Lipinski definition) is 3. The van der Waals surface area contributed by atoms with Crippen LogP contribution in [0.1, 0.15) is 25.7 Å². The normalized spacial score (nSPS) is 30.4. The van der Waals surface area contributed by atoms with Crippen LogP contribution in [0, 0.1) is 11.8 Å². The largest absolute Gasteiger partial charge is 0.393 e. The molecule has 3 atom stereocenters. The van der Waals surface area contributed by atoms with Gasteiger partial charge in [-0.25, -0.2) is 0 Å². The van der Waals surface area contributed by atoms with Crippen LogP contribution in [0.2, 0.25) is 0 Å². The van der Waals surface area contributed by atoms with Gasteiger partial charge in [0.15, 0.2) is 5.96 Å². The molecule has 0 bridgehead atoms. The predicted octanol–water partition coefficient (Wildman–Crippen LogP) is 1.31. The van der Waals surface area contributed by atoms with Gasteiger partial charge in [0.2, 0.25) is 0 Å². The Bertz CT molecular complexity index is 315. The summed E-state index contributed by atoms with van der Waals surface area (Å²) in [4.78, 5) is 6.66. The average molecular weight is 397 g/mol. The van der Waals surface area contributed by atoms with E-state index in [1.165, 1.54) is 6.42 Å². The Labute approximate surface area is 139 Å². The van der Waals surface area contributed by atoms with E-state index in [0.29, 0.717) is 11.8 Å². The molecule has 2 fully saturated rings. The zero-order valence-electron chi connectivity index (χ0n) is 12.5. The molecule has 2 rings (SSSR count). The molecule has 6 heteroatoms. The quantitative estimate of drug-likeness (QED) is 0.427. The number of nitrogens with zero attached hydrogens (tertiary/aromatic N) is 2. The van der Waals surface area contributed by atoms with E-state index >= 15 is 0 Å². The molecule has 1 heterocycles. The molecule has 0 aromatic heterocycles. The second-order valence-corrected chi connectivity index (χ2v) is 5.74. The van der Waals surface area contributed by atoms with Crippen LogP contribution in [-0.4, -0.2) is 62.5 Å². The van der Waals surface area contributed by atoms with Gasteiger partial charge < -0.3 is 20.1 Å². The van der Waals surface area contributed by atoms with E-state index in [0.717, 1.165) is 51.5 Å². The van der Waals surface area contributed by atoms with Crippen molar-refractivity contribution in [1.29, 1.82) is 0 Å². The molecule has 1 saturated carbocycles. The summed E-state index contributed by atoms with van der Waals surface area (Å²) in [6.07, 6.45) is 4.25. The highest BCUT2D eigenvalue weighted by Gasteiger charge is 2.28. The van der Waals surface area contributed by atoms with Crippen molar-refractivity contribution < 1.29 is 9.84 Å². The molecule has 0 aromatic rings. The number of rotatable bonds is 4. The van der Waals surface area contributed by atoms with Crippen molar-refractivity contribution >= 4 is 29.9 Å². The Morgan fingerprint density at radius 1 is 1.40 bits per heavy atom. The summed E-state index contributed by atoms with van der Waals surface area (Å²) >= 11 is 0. The Balaban J connectivity index is 0.00000200. The maximum Gasteiger partial charge on any atom is 0.193 e. The molecule has 1 aliphatic heterocycles. The standard InChI is InChI=1S/C14H27N3O2.HI/c1-15-14(16-8-12-4-3-5-13(12)18)17-7-6-11(9-17)10-19-2;/h11-13,18H,3-10H2,1-2H3,(H,15,16);1H. The number of hydrogen-bond donors (Lipinski definition) is 2. The number of likely N-dealkylation sites (tertiary alicyclic amines) is 1. The van der Waals surface area contributed by atoms with E-state index in [1.54, 1.807) is 7.11 Å². The lowest BCUT2D eigenvalue weighted by molar-refractivity contribution is 0.133. The lowest BCUT2D eigenvalue weighted by atomic mass is 10.1. The molecule has 5 nitrogen and oxygen atoms in total. The third-order valence-electron chi connectivity index (χ3n) is 4.34. The van der Waals surface area contributed by atoms with Gasteiger partial charge in [-0.1, -0.05) is 6.42 Å². The van der Waals surface area contributed by atoms with E-state index in [2.05, 4.69) is 15.2 Å². The van der Waals surface area contributed by atoms with Gasteiger partial charge in [-0.15, -0.1) is 24.0 Å². The van der Waals surface area contributed by atoms with E-state index in [1.807, 2.05) is 7.05 Å². The molecule has 20 heavy (non-hydrogen) atoms. The monoisotopic (exact) mass is 397 g/mol. The molecule has 0 radical (unpaired) electrons. The van der Waals surface area contributed by atoms with Crippen molar-refractivity contribution in [2.24, 2.45) is 16.8 Å². The Kier molecular flexibility index (Phi) is 8.13. The van der Waals surface area contributed by atoms with Gasteiger partial charge in [0.25, 0.3) is 0 Å². The summed E-state index contributed by atoms with van der Waals surface area (Å²) in [6, 6.07) is 0. The van der Waals surface area contributed by atoms with Gasteiger partial charge in [-0.3, -0.25) is 4.99 Å². The first-order valence-electron chi connectivity index (χ1n) is 7.37. The first-order valence-corrected chi connectivity index (χ1v) is 7.37. The molecule has 3 unspecified atom stereocenters. The Morgan fingerprint density at radius 2 is 2.20 bits per heavy atom. The minimum Gasteiger partial charge on any atom is -0.393 e. The van der Waals surface area contributed by atoms with E-state index in [4.69, 9.17) is 4.74 Å². The van der Waals surface area contributed by atoms with Crippen molar-refractivity contribution in [3.05, 3.63) is 0 Å². The summed E-state index contributed by atoms with van der Waals surface area (Å²) in [7, 11) is 3.59. The zero-order valence-corrected chi connectivity index (χ0v) is 14.9. The number of guanidine groups is 1. The highest BCUT2D eigenvalue weighted by atomic mass is 127. The number of methoxy groups -OCH3 is 1. The number of aliphatic hydroxyl groups excluding tert-OH is 1. The predicted molar refractivity (Wildman–Crippen MR) is 91.7 cm³/mol. The van der Waals surface area contributed by atoms with Crippen LogP contribution < -0.4 is 5.32 Å². The molecule has 118 valence electrons. The number of ether oxygens (including phenoxy) is 1. The molecular formula is C14H28IN3O2. The van der Waals surface area contributed by atoms with Gasteiger partial charge >= 0.3 is 0 Å². The van der Waals surface area contributed by atoms with Crippen LogP contribution in [0.5, 0.6) is 0 Å². The molecule has 0 amide bonds. The number of aliphatic hydroxyl groups is 1. The second kappa shape index (κ2) is 9.04. The van der Waals surface area contributed by atoms with Crippen molar-refractivity contribution in [3.8, 4) is 0 Å². The highest BCUT2D eigenvalue weighted by Crippen LogP contribution is 2.24. The molecule has 2 N–H and O–H groups in total. The summed E-state index contributed by atoms with van der Waals surface area (Å²) in [5.74, 6) is 1.97. The van der Waals surface area contributed by atoms with Crippen molar-refractivity contribution in [2.45, 2.75) is 31.8 Å². The van der Waals surface area contributed by atoms with E-state index in [9.17, 15) is 5.11 Å². The van der Waals surface area contributed by atoms with Crippen LogP contribution in [0.15, 0.2) is 4.99 Å². The third kappa shape index (κ3) is 4.73. The Hall–Kier alpha value is -0.0800. The zero-order chi connectivity index (χ0) is 13.7. The van der Waals surface area contributed by atoms with Gasteiger partial charge in [0.1, 0.15) is 0 Å². The first kappa shape index (κ1) is 18.0. The fraction of sp³-hybridized carbons (Fsp3) is 0.929. The van der Waals surface area contributed by atoms with Crippen molar-refractivity contribution in [2.75, 3.05) is 40.4 Å². The van der Waals surface area contributed by atoms with Gasteiger partial charge in [-0.05, 0) is 19.3 Å². The van der Waals surface area contributed by atoms with Crippen LogP contribution in [0.25, 0.3) is 0 Å². The van der Waals surface area contributed by atoms with Crippen LogP contribution >= 0.6 is 24.0 Å². The molecule has 0 aromatic carbocycles. The molecule has 1 aliphatic carbocycles. The maximum absolute atomic E-state index is 9.84. The molecular weight excluding hydrogens is 369 g/mol. The maximum atomic E-state index is 9.84. The second-order valence-electron chi connectivity index (χ2n) is 5.74. The van der Waals surface area contributed by atoms with Gasteiger partial charge in [-0.2, -0.15) is 0 Å². The summed E-state index contributed by atoms with van der Waals surface area (Å²) in [5, 5.41) is 13.3. The number of nitrogens with one attached hydrogen (secondary N) is 1. The number of halogens is 1. The fourth-order valence-corrected chi connectivity index (χ4v) is 3.21. The topological polar surface area (TPSA) is 57.1 Å². The van der Waals surface area contributed by atoms with Crippen LogP contribution in [0.4, 0.5) is 0 Å². The minimum atomic E-state index is -0.134. The van der Waals surface area contributed by atoms with Crippen LogP contribution in [0.3, 0.4) is 0 Å². The van der Waals surface area contributed by atoms with Crippen molar-refractivity contribution in [1.82, 2.24) is 10.2 Å². The number of aliphatic imine (C=N–C) groups is 1. The molecule has 1 saturated heterocycles. The SMILES string of the molecule is CN=C(NCC1CCCC1O)N1CCC(COC)C1.I. The Morgan fingerprint density at radius 3 is 2.80 bits per heavy atom. The molecule has 2 aliphatic rings. The summed E-state index contributed by atoms with van der Waals surface area (Å²) < 4.78 is 5.22. The minimum absolute atomic E-state index is 0. The van der Waals surface area contributed by atoms with E-state index in [-0.39, 0.29) is 30.1 Å². The van der Waals surface area contributed by atoms with Crippen molar-refractivity contribution in [3.63, 3.8) is 0 Å². The lowest BCUT2D eigenvalue weighted by Gasteiger charge is -2.24.